The number of hydrogen-bond acceptors (Lipinski definition) is 3. The van der Waals surface area contributed by atoms with Crippen LogP contribution in [0.3, 0.4) is 0 Å². The Morgan fingerprint density at radius 2 is 2.00 bits per heavy atom. The average Bonchev–Trinajstić information content (AvgIpc) is 3.03. The molecule has 0 aromatic heterocycles. The van der Waals surface area contributed by atoms with E-state index in [4.69, 9.17) is 0 Å². The van der Waals surface area contributed by atoms with Gasteiger partial charge in [0.2, 0.25) is 5.91 Å². The number of rotatable bonds is 6. The van der Waals surface area contributed by atoms with E-state index in [-0.39, 0.29) is 5.91 Å². The Hall–Kier alpha value is -0.220. The molecule has 2 saturated carbocycles. The quantitative estimate of drug-likeness (QED) is 0.764. The maximum Gasteiger partial charge on any atom is 0.230 e. The lowest BCUT2D eigenvalue weighted by Crippen LogP contribution is -2.42. The van der Waals surface area contributed by atoms with E-state index >= 15 is 0 Å². The van der Waals surface area contributed by atoms with Crippen LogP contribution in [0.25, 0.3) is 0 Å². The molecule has 2 aliphatic carbocycles. The molecule has 2 aliphatic rings. The molecule has 17 heavy (non-hydrogen) atoms. The summed E-state index contributed by atoms with van der Waals surface area (Å²) in [5.41, 5.74) is -0.701. The van der Waals surface area contributed by atoms with Gasteiger partial charge in [-0.05, 0) is 38.5 Å². The van der Waals surface area contributed by atoms with Gasteiger partial charge in [-0.15, -0.1) is 11.8 Å². The molecule has 0 bridgehead atoms. The minimum atomic E-state index is -0.701. The second-order valence-electron chi connectivity index (χ2n) is 5.63. The molecule has 0 saturated heterocycles. The summed E-state index contributed by atoms with van der Waals surface area (Å²) >= 11 is 1.77. The lowest BCUT2D eigenvalue weighted by atomic mass is 10.0. The van der Waals surface area contributed by atoms with Gasteiger partial charge in [0.15, 0.2) is 0 Å². The maximum atomic E-state index is 11.6. The summed E-state index contributed by atoms with van der Waals surface area (Å²) in [4.78, 5) is 11.6. The van der Waals surface area contributed by atoms with Gasteiger partial charge in [0.05, 0.1) is 11.4 Å². The Morgan fingerprint density at radius 1 is 1.35 bits per heavy atom. The van der Waals surface area contributed by atoms with E-state index in [2.05, 4.69) is 5.32 Å². The highest BCUT2D eigenvalue weighted by molar-refractivity contribution is 8.00. The fourth-order valence-corrected chi connectivity index (χ4v) is 3.58. The molecule has 0 aromatic rings. The van der Waals surface area contributed by atoms with Crippen molar-refractivity contribution in [3.63, 3.8) is 0 Å². The number of hydrogen-bond donors (Lipinski definition) is 2. The van der Waals surface area contributed by atoms with Crippen LogP contribution in [-0.2, 0) is 4.79 Å². The van der Waals surface area contributed by atoms with Crippen molar-refractivity contribution in [2.45, 2.75) is 56.3 Å². The number of aliphatic hydroxyl groups is 1. The molecule has 0 aliphatic heterocycles. The topological polar surface area (TPSA) is 49.3 Å². The first-order chi connectivity index (χ1) is 8.08. The Labute approximate surface area is 108 Å². The molecule has 1 unspecified atom stereocenters. The number of amides is 1. The minimum absolute atomic E-state index is 0.0721. The molecule has 4 heteroatoms. The Bertz CT molecular complexity index is 271. The standard InChI is InChI=1S/C13H23NO2S/c1-13(16,10-6-7-10)9-14-12(15)8-17-11-4-2-3-5-11/h10-11,16H,2-9H2,1H3,(H,14,15). The Kier molecular flexibility index (Phi) is 4.36. The first-order valence-corrected chi connectivity index (χ1v) is 7.73. The van der Waals surface area contributed by atoms with Gasteiger partial charge in [0.1, 0.15) is 0 Å². The monoisotopic (exact) mass is 257 g/mol. The molecular formula is C13H23NO2S. The van der Waals surface area contributed by atoms with E-state index in [1.54, 1.807) is 11.8 Å². The second-order valence-corrected chi connectivity index (χ2v) is 6.91. The lowest BCUT2D eigenvalue weighted by molar-refractivity contribution is -0.119. The zero-order chi connectivity index (χ0) is 12.3. The van der Waals surface area contributed by atoms with Crippen molar-refractivity contribution in [3.8, 4) is 0 Å². The van der Waals surface area contributed by atoms with E-state index in [9.17, 15) is 9.90 Å². The molecule has 0 spiro atoms. The minimum Gasteiger partial charge on any atom is -0.388 e. The molecule has 2 rings (SSSR count). The summed E-state index contributed by atoms with van der Waals surface area (Å²) in [6, 6.07) is 0. The summed E-state index contributed by atoms with van der Waals surface area (Å²) in [7, 11) is 0. The number of carbonyl (C=O) groups excluding carboxylic acids is 1. The van der Waals surface area contributed by atoms with Crippen LogP contribution in [-0.4, -0.2) is 34.2 Å². The van der Waals surface area contributed by atoms with Gasteiger partial charge >= 0.3 is 0 Å². The lowest BCUT2D eigenvalue weighted by Gasteiger charge is -2.23. The smallest absolute Gasteiger partial charge is 0.230 e. The SMILES string of the molecule is CC(O)(CNC(=O)CSC1CCCC1)C1CC1. The maximum absolute atomic E-state index is 11.6. The second kappa shape index (κ2) is 5.61. The van der Waals surface area contributed by atoms with Crippen LogP contribution < -0.4 is 5.32 Å². The van der Waals surface area contributed by atoms with Crippen LogP contribution in [0.1, 0.15) is 45.4 Å². The summed E-state index contributed by atoms with van der Waals surface area (Å²) < 4.78 is 0. The largest absolute Gasteiger partial charge is 0.388 e. The highest BCUT2D eigenvalue weighted by atomic mass is 32.2. The summed E-state index contributed by atoms with van der Waals surface area (Å²) in [5, 5.41) is 13.6. The van der Waals surface area contributed by atoms with Crippen LogP contribution in [0.4, 0.5) is 0 Å². The van der Waals surface area contributed by atoms with E-state index < -0.39 is 5.60 Å². The zero-order valence-electron chi connectivity index (χ0n) is 10.6. The molecule has 2 fully saturated rings. The molecule has 2 N–H and O–H groups in total. The molecular weight excluding hydrogens is 234 g/mol. The zero-order valence-corrected chi connectivity index (χ0v) is 11.4. The highest BCUT2D eigenvalue weighted by Gasteiger charge is 2.39. The number of carbonyl (C=O) groups is 1. The highest BCUT2D eigenvalue weighted by Crippen LogP contribution is 2.39. The Morgan fingerprint density at radius 3 is 2.59 bits per heavy atom. The molecule has 1 amide bonds. The van der Waals surface area contributed by atoms with E-state index in [0.29, 0.717) is 23.5 Å². The van der Waals surface area contributed by atoms with Gasteiger partial charge in [0, 0.05) is 11.8 Å². The van der Waals surface area contributed by atoms with Crippen LogP contribution in [0.5, 0.6) is 0 Å². The van der Waals surface area contributed by atoms with Crippen LogP contribution in [0, 0.1) is 5.92 Å². The molecule has 0 aromatic carbocycles. The first-order valence-electron chi connectivity index (χ1n) is 6.68. The molecule has 98 valence electrons. The predicted molar refractivity (Wildman–Crippen MR) is 71.1 cm³/mol. The third-order valence-electron chi connectivity index (χ3n) is 3.85. The Balaban J connectivity index is 1.60. The number of nitrogens with one attached hydrogen (secondary N) is 1. The van der Waals surface area contributed by atoms with Gasteiger partial charge in [-0.3, -0.25) is 4.79 Å². The summed E-state index contributed by atoms with van der Waals surface area (Å²) in [5.74, 6) is 1.01. The van der Waals surface area contributed by atoms with Crippen molar-refractivity contribution < 1.29 is 9.90 Å². The third kappa shape index (κ3) is 4.18. The molecule has 1 atom stereocenters. The van der Waals surface area contributed by atoms with Crippen LogP contribution >= 0.6 is 11.8 Å². The average molecular weight is 257 g/mol. The van der Waals surface area contributed by atoms with Gasteiger partial charge in [-0.25, -0.2) is 0 Å². The van der Waals surface area contributed by atoms with Crippen molar-refractivity contribution in [1.29, 1.82) is 0 Å². The van der Waals surface area contributed by atoms with Crippen molar-refractivity contribution in [2.75, 3.05) is 12.3 Å². The fourth-order valence-electron chi connectivity index (χ4n) is 2.43. The third-order valence-corrected chi connectivity index (χ3v) is 5.22. The van der Waals surface area contributed by atoms with Crippen molar-refractivity contribution in [2.24, 2.45) is 5.92 Å². The van der Waals surface area contributed by atoms with Gasteiger partial charge in [0.25, 0.3) is 0 Å². The fraction of sp³-hybridized carbons (Fsp3) is 0.923. The van der Waals surface area contributed by atoms with Crippen molar-refractivity contribution in [1.82, 2.24) is 5.32 Å². The first kappa shape index (κ1) is 13.2. The normalized spacial score (nSPS) is 24.6. The summed E-state index contributed by atoms with van der Waals surface area (Å²) in [6.07, 6.45) is 7.35. The van der Waals surface area contributed by atoms with Crippen LogP contribution in [0.15, 0.2) is 0 Å². The van der Waals surface area contributed by atoms with E-state index in [1.807, 2.05) is 6.92 Å². The van der Waals surface area contributed by atoms with E-state index in [0.717, 1.165) is 12.8 Å². The van der Waals surface area contributed by atoms with Crippen molar-refractivity contribution in [3.05, 3.63) is 0 Å². The van der Waals surface area contributed by atoms with Gasteiger partial charge in [-0.1, -0.05) is 12.8 Å². The van der Waals surface area contributed by atoms with Gasteiger partial charge in [-0.2, -0.15) is 0 Å². The summed E-state index contributed by atoms with van der Waals surface area (Å²) in [6.45, 7) is 2.23. The molecule has 0 heterocycles. The number of thioether (sulfide) groups is 1. The molecule has 0 radical (unpaired) electrons. The molecule has 3 nitrogen and oxygen atoms in total. The van der Waals surface area contributed by atoms with Crippen molar-refractivity contribution >= 4 is 17.7 Å². The predicted octanol–water partition coefficient (Wildman–Crippen LogP) is 1.94. The van der Waals surface area contributed by atoms with E-state index in [1.165, 1.54) is 25.7 Å². The van der Waals surface area contributed by atoms with Gasteiger partial charge < -0.3 is 10.4 Å². The van der Waals surface area contributed by atoms with Crippen LogP contribution in [0.2, 0.25) is 0 Å².